The smallest absolute Gasteiger partial charge is 0.247 e. The van der Waals surface area contributed by atoms with Gasteiger partial charge in [-0.2, -0.15) is 0 Å². The Morgan fingerprint density at radius 2 is 2.21 bits per heavy atom. The molecule has 5 heteroatoms. The quantitative estimate of drug-likeness (QED) is 0.531. The Bertz CT molecular complexity index is 364. The molecular formula is C9H9NO4. The summed E-state index contributed by atoms with van der Waals surface area (Å²) >= 11 is 0. The van der Waals surface area contributed by atoms with Gasteiger partial charge in [0.1, 0.15) is 0 Å². The molecule has 74 valence electrons. The highest BCUT2D eigenvalue weighted by molar-refractivity contribution is 5.77. The van der Waals surface area contributed by atoms with Gasteiger partial charge in [-0.3, -0.25) is 10.0 Å². The molecule has 1 aromatic rings. The van der Waals surface area contributed by atoms with Gasteiger partial charge in [-0.25, -0.2) is 5.48 Å². The number of carbonyl (C=O) groups is 1. The molecule has 0 bridgehead atoms. The number of hydroxylamine groups is 1. The summed E-state index contributed by atoms with van der Waals surface area (Å²) in [5.74, 6) is 0.857. The third kappa shape index (κ3) is 1.62. The van der Waals surface area contributed by atoms with Crippen LogP contribution in [0, 0.1) is 0 Å². The van der Waals surface area contributed by atoms with E-state index in [9.17, 15) is 4.79 Å². The van der Waals surface area contributed by atoms with Gasteiger partial charge < -0.3 is 9.47 Å². The number of nitrogens with one attached hydrogen (secondary N) is 1. The Balaban J connectivity index is 2.16. The first kappa shape index (κ1) is 8.83. The number of rotatable bonds is 2. The van der Waals surface area contributed by atoms with Crippen LogP contribution in [0.25, 0.3) is 0 Å². The predicted octanol–water partition coefficient (Wildman–Crippen LogP) is 0.463. The highest BCUT2D eigenvalue weighted by atomic mass is 16.7. The molecule has 1 heterocycles. The first-order valence-electron chi connectivity index (χ1n) is 4.11. The van der Waals surface area contributed by atoms with Crippen LogP contribution < -0.4 is 15.0 Å². The van der Waals surface area contributed by atoms with Crippen LogP contribution in [0.5, 0.6) is 11.5 Å². The molecule has 0 spiro atoms. The van der Waals surface area contributed by atoms with Crippen molar-refractivity contribution in [2.45, 2.75) is 6.42 Å². The van der Waals surface area contributed by atoms with E-state index in [0.29, 0.717) is 11.5 Å². The third-order valence-electron chi connectivity index (χ3n) is 1.93. The van der Waals surface area contributed by atoms with Crippen LogP contribution in [0.3, 0.4) is 0 Å². The van der Waals surface area contributed by atoms with Gasteiger partial charge in [-0.1, -0.05) is 6.07 Å². The fourth-order valence-electron chi connectivity index (χ4n) is 1.28. The summed E-state index contributed by atoms with van der Waals surface area (Å²) in [6, 6.07) is 5.21. The Labute approximate surface area is 80.2 Å². The van der Waals surface area contributed by atoms with E-state index in [4.69, 9.17) is 14.7 Å². The van der Waals surface area contributed by atoms with Gasteiger partial charge in [-0.15, -0.1) is 0 Å². The molecule has 0 radical (unpaired) electrons. The Kier molecular flexibility index (Phi) is 2.24. The summed E-state index contributed by atoms with van der Waals surface area (Å²) < 4.78 is 10.3. The number of amides is 1. The molecule has 0 saturated heterocycles. The number of benzene rings is 1. The largest absolute Gasteiger partial charge is 0.454 e. The molecule has 1 aliphatic rings. The second-order valence-corrected chi connectivity index (χ2v) is 2.90. The van der Waals surface area contributed by atoms with Crippen molar-refractivity contribution in [2.24, 2.45) is 0 Å². The zero-order chi connectivity index (χ0) is 9.97. The molecule has 0 saturated carbocycles. The summed E-state index contributed by atoms with van der Waals surface area (Å²) in [5.41, 5.74) is 2.33. The maximum absolute atomic E-state index is 10.8. The number of hydrogen-bond donors (Lipinski definition) is 2. The molecule has 5 nitrogen and oxygen atoms in total. The Hall–Kier alpha value is -1.75. The van der Waals surface area contributed by atoms with E-state index in [1.165, 1.54) is 0 Å². The van der Waals surface area contributed by atoms with Gasteiger partial charge >= 0.3 is 0 Å². The lowest BCUT2D eigenvalue weighted by Gasteiger charge is -2.01. The minimum Gasteiger partial charge on any atom is -0.454 e. The van der Waals surface area contributed by atoms with Crippen LogP contribution in [-0.4, -0.2) is 17.9 Å². The van der Waals surface area contributed by atoms with Crippen LogP contribution in [0.1, 0.15) is 5.56 Å². The Morgan fingerprint density at radius 1 is 1.43 bits per heavy atom. The number of carbonyl (C=O) groups excluding carboxylic acids is 1. The van der Waals surface area contributed by atoms with Crippen molar-refractivity contribution in [1.29, 1.82) is 0 Å². The van der Waals surface area contributed by atoms with E-state index in [2.05, 4.69) is 0 Å². The molecule has 0 aliphatic carbocycles. The van der Waals surface area contributed by atoms with Crippen LogP contribution in [0.4, 0.5) is 0 Å². The fraction of sp³-hybridized carbons (Fsp3) is 0.222. The average molecular weight is 195 g/mol. The van der Waals surface area contributed by atoms with Gasteiger partial charge in [-0.05, 0) is 17.7 Å². The number of ether oxygens (including phenoxy) is 2. The molecule has 0 atom stereocenters. The minimum absolute atomic E-state index is 0.118. The lowest BCUT2D eigenvalue weighted by atomic mass is 10.1. The normalized spacial score (nSPS) is 12.6. The second-order valence-electron chi connectivity index (χ2n) is 2.90. The van der Waals surface area contributed by atoms with Gasteiger partial charge in [0, 0.05) is 0 Å². The molecule has 14 heavy (non-hydrogen) atoms. The zero-order valence-electron chi connectivity index (χ0n) is 7.32. The van der Waals surface area contributed by atoms with Crippen molar-refractivity contribution >= 4 is 5.91 Å². The van der Waals surface area contributed by atoms with Crippen LogP contribution in [-0.2, 0) is 11.2 Å². The van der Waals surface area contributed by atoms with E-state index >= 15 is 0 Å². The van der Waals surface area contributed by atoms with E-state index in [0.717, 1.165) is 5.56 Å². The van der Waals surface area contributed by atoms with Gasteiger partial charge in [0.2, 0.25) is 12.7 Å². The minimum atomic E-state index is -0.455. The SMILES string of the molecule is O=C(Cc1ccc2c(c1)OCO2)NO. The topological polar surface area (TPSA) is 67.8 Å². The summed E-state index contributed by atoms with van der Waals surface area (Å²) in [6.45, 7) is 0.213. The second kappa shape index (κ2) is 3.55. The number of fused-ring (bicyclic) bond motifs is 1. The van der Waals surface area contributed by atoms with Crippen molar-refractivity contribution in [1.82, 2.24) is 5.48 Å². The van der Waals surface area contributed by atoms with Crippen molar-refractivity contribution in [3.63, 3.8) is 0 Å². The monoisotopic (exact) mass is 195 g/mol. The molecule has 1 aliphatic heterocycles. The zero-order valence-corrected chi connectivity index (χ0v) is 7.32. The highest BCUT2D eigenvalue weighted by Gasteiger charge is 2.13. The van der Waals surface area contributed by atoms with Crippen LogP contribution in [0.15, 0.2) is 18.2 Å². The first-order valence-corrected chi connectivity index (χ1v) is 4.11. The lowest BCUT2D eigenvalue weighted by Crippen LogP contribution is -2.20. The molecular weight excluding hydrogens is 186 g/mol. The maximum Gasteiger partial charge on any atom is 0.247 e. The Morgan fingerprint density at radius 3 is 3.00 bits per heavy atom. The van der Waals surface area contributed by atoms with Crippen molar-refractivity contribution in [2.75, 3.05) is 6.79 Å². The van der Waals surface area contributed by atoms with Crippen LogP contribution in [0.2, 0.25) is 0 Å². The average Bonchev–Trinajstić information content (AvgIpc) is 2.64. The molecule has 2 rings (SSSR count). The van der Waals surface area contributed by atoms with Crippen molar-refractivity contribution < 1.29 is 19.5 Å². The lowest BCUT2D eigenvalue weighted by molar-refractivity contribution is -0.128. The molecule has 1 aromatic carbocycles. The summed E-state index contributed by atoms with van der Waals surface area (Å²) in [5, 5.41) is 8.33. The van der Waals surface area contributed by atoms with Gasteiger partial charge in [0.15, 0.2) is 11.5 Å². The van der Waals surface area contributed by atoms with Gasteiger partial charge in [0.25, 0.3) is 0 Å². The van der Waals surface area contributed by atoms with E-state index in [1.54, 1.807) is 23.7 Å². The maximum atomic E-state index is 10.8. The predicted molar refractivity (Wildman–Crippen MR) is 46.2 cm³/mol. The molecule has 1 amide bonds. The molecule has 0 unspecified atom stereocenters. The molecule has 0 aromatic heterocycles. The standard InChI is InChI=1S/C9H9NO4/c11-9(10-12)4-6-1-2-7-8(3-6)14-5-13-7/h1-3,12H,4-5H2,(H,10,11). The fourth-order valence-corrected chi connectivity index (χ4v) is 1.28. The summed E-state index contributed by atoms with van der Waals surface area (Å²) in [6.07, 6.45) is 0.118. The molecule has 0 fully saturated rings. The van der Waals surface area contributed by atoms with Crippen molar-refractivity contribution in [3.05, 3.63) is 23.8 Å². The van der Waals surface area contributed by atoms with E-state index in [-0.39, 0.29) is 13.2 Å². The summed E-state index contributed by atoms with van der Waals surface area (Å²) in [4.78, 5) is 10.8. The third-order valence-corrected chi connectivity index (χ3v) is 1.93. The highest BCUT2D eigenvalue weighted by Crippen LogP contribution is 2.32. The summed E-state index contributed by atoms with van der Waals surface area (Å²) in [7, 11) is 0. The van der Waals surface area contributed by atoms with Crippen molar-refractivity contribution in [3.8, 4) is 11.5 Å². The first-order chi connectivity index (χ1) is 6.79. The number of hydrogen-bond acceptors (Lipinski definition) is 4. The van der Waals surface area contributed by atoms with E-state index < -0.39 is 5.91 Å². The van der Waals surface area contributed by atoms with Crippen LogP contribution >= 0.6 is 0 Å². The molecule has 2 N–H and O–H groups in total. The van der Waals surface area contributed by atoms with Gasteiger partial charge in [0.05, 0.1) is 6.42 Å². The van der Waals surface area contributed by atoms with E-state index in [1.807, 2.05) is 0 Å².